The maximum atomic E-state index is 4.23. The minimum atomic E-state index is 0.317. The van der Waals surface area contributed by atoms with Gasteiger partial charge in [0.1, 0.15) is 0 Å². The number of aromatic nitrogens is 1. The topological polar surface area (TPSA) is 24.9 Å². The molecular formula is C14H23BrN2. The molecule has 0 fully saturated rings. The molecule has 0 aromatic carbocycles. The molecule has 0 spiro atoms. The second-order valence-electron chi connectivity index (χ2n) is 5.03. The van der Waals surface area contributed by atoms with Crippen LogP contribution in [0.4, 0.5) is 0 Å². The van der Waals surface area contributed by atoms with Crippen molar-refractivity contribution < 1.29 is 0 Å². The van der Waals surface area contributed by atoms with Gasteiger partial charge in [-0.2, -0.15) is 0 Å². The number of hydrogen-bond acceptors (Lipinski definition) is 2. The van der Waals surface area contributed by atoms with Crippen molar-refractivity contribution in [3.05, 3.63) is 28.5 Å². The first-order valence-corrected chi connectivity index (χ1v) is 7.19. The fraction of sp³-hybridized carbons (Fsp3) is 0.643. The van der Waals surface area contributed by atoms with E-state index in [4.69, 9.17) is 0 Å². The Labute approximate surface area is 113 Å². The van der Waals surface area contributed by atoms with Gasteiger partial charge in [-0.1, -0.05) is 20.8 Å². The van der Waals surface area contributed by atoms with Gasteiger partial charge in [-0.15, -0.1) is 0 Å². The summed E-state index contributed by atoms with van der Waals surface area (Å²) in [6.07, 6.45) is 7.25. The van der Waals surface area contributed by atoms with E-state index in [2.05, 4.69) is 53.1 Å². The molecule has 1 rings (SSSR count). The highest BCUT2D eigenvalue weighted by Gasteiger charge is 2.22. The Balaban J connectivity index is 2.61. The summed E-state index contributed by atoms with van der Waals surface area (Å²) in [5, 5.41) is 3.53. The predicted octanol–water partition coefficient (Wildman–Crippen LogP) is 3.80. The molecule has 1 unspecified atom stereocenters. The molecule has 1 aromatic rings. The van der Waals surface area contributed by atoms with Crippen molar-refractivity contribution in [2.45, 2.75) is 40.0 Å². The highest BCUT2D eigenvalue weighted by atomic mass is 79.9. The van der Waals surface area contributed by atoms with Crippen LogP contribution in [-0.4, -0.2) is 18.1 Å². The molecule has 0 aliphatic heterocycles. The van der Waals surface area contributed by atoms with Crippen LogP contribution in [0.25, 0.3) is 0 Å². The van der Waals surface area contributed by atoms with Gasteiger partial charge in [-0.05, 0) is 58.8 Å². The zero-order chi connectivity index (χ0) is 12.7. The summed E-state index contributed by atoms with van der Waals surface area (Å²) in [5.74, 6) is 0. The first-order chi connectivity index (χ1) is 8.09. The molecule has 0 radical (unpaired) electrons. The Hall–Kier alpha value is -0.410. The average Bonchev–Trinajstić information content (AvgIpc) is 2.29. The molecule has 0 aliphatic carbocycles. The second kappa shape index (κ2) is 7.12. The Morgan fingerprint density at radius 1 is 1.35 bits per heavy atom. The highest BCUT2D eigenvalue weighted by molar-refractivity contribution is 9.10. The first-order valence-electron chi connectivity index (χ1n) is 6.40. The van der Waals surface area contributed by atoms with Crippen LogP contribution in [0.3, 0.4) is 0 Å². The monoisotopic (exact) mass is 298 g/mol. The van der Waals surface area contributed by atoms with Gasteiger partial charge >= 0.3 is 0 Å². The average molecular weight is 299 g/mol. The molecule has 0 aliphatic rings. The van der Waals surface area contributed by atoms with Crippen molar-refractivity contribution in [1.29, 1.82) is 0 Å². The first kappa shape index (κ1) is 14.7. The molecule has 0 saturated heterocycles. The zero-order valence-electron chi connectivity index (χ0n) is 11.1. The quantitative estimate of drug-likeness (QED) is 0.775. The number of hydrogen-bond donors (Lipinski definition) is 1. The van der Waals surface area contributed by atoms with Crippen molar-refractivity contribution in [3.63, 3.8) is 0 Å². The smallest absolute Gasteiger partial charge is 0.0410 e. The molecule has 2 nitrogen and oxygen atoms in total. The lowest BCUT2D eigenvalue weighted by Crippen LogP contribution is -2.33. The molecule has 17 heavy (non-hydrogen) atoms. The second-order valence-corrected chi connectivity index (χ2v) is 5.94. The van der Waals surface area contributed by atoms with Crippen LogP contribution in [0.1, 0.15) is 39.2 Å². The third-order valence-corrected chi connectivity index (χ3v) is 3.66. The van der Waals surface area contributed by atoms with Crippen molar-refractivity contribution in [2.75, 3.05) is 13.1 Å². The van der Waals surface area contributed by atoms with Gasteiger partial charge in [0, 0.05) is 23.4 Å². The fourth-order valence-corrected chi connectivity index (χ4v) is 2.34. The van der Waals surface area contributed by atoms with E-state index in [1.807, 2.05) is 12.4 Å². The maximum Gasteiger partial charge on any atom is 0.0410 e. The van der Waals surface area contributed by atoms with Gasteiger partial charge in [-0.25, -0.2) is 0 Å². The minimum Gasteiger partial charge on any atom is -0.316 e. The normalized spacial score (nSPS) is 14.6. The predicted molar refractivity (Wildman–Crippen MR) is 77.2 cm³/mol. The summed E-state index contributed by atoms with van der Waals surface area (Å²) >= 11 is 3.48. The van der Waals surface area contributed by atoms with Crippen LogP contribution in [-0.2, 0) is 6.42 Å². The van der Waals surface area contributed by atoms with Gasteiger partial charge in [0.05, 0.1) is 0 Å². The summed E-state index contributed by atoms with van der Waals surface area (Å²) < 4.78 is 1.06. The lowest BCUT2D eigenvalue weighted by Gasteiger charge is -2.28. The maximum absolute atomic E-state index is 4.23. The van der Waals surface area contributed by atoms with E-state index < -0.39 is 0 Å². The summed E-state index contributed by atoms with van der Waals surface area (Å²) in [6, 6.07) is 2.17. The van der Waals surface area contributed by atoms with E-state index in [9.17, 15) is 0 Å². The van der Waals surface area contributed by atoms with Crippen LogP contribution in [0.2, 0.25) is 0 Å². The lowest BCUT2D eigenvalue weighted by molar-refractivity contribution is 0.290. The summed E-state index contributed by atoms with van der Waals surface area (Å²) in [4.78, 5) is 4.23. The number of nitrogens with one attached hydrogen (secondary N) is 1. The molecular weight excluding hydrogens is 276 g/mol. The lowest BCUT2D eigenvalue weighted by atomic mass is 9.81. The van der Waals surface area contributed by atoms with Crippen LogP contribution < -0.4 is 5.32 Å². The highest BCUT2D eigenvalue weighted by Crippen LogP contribution is 2.26. The number of rotatable bonds is 7. The molecule has 1 N–H and O–H groups in total. The molecule has 0 bridgehead atoms. The molecule has 1 aromatic heterocycles. The van der Waals surface area contributed by atoms with Crippen LogP contribution in [0, 0.1) is 5.41 Å². The van der Waals surface area contributed by atoms with E-state index in [1.54, 1.807) is 0 Å². The molecule has 0 amide bonds. The fourth-order valence-electron chi connectivity index (χ4n) is 1.92. The zero-order valence-corrected chi connectivity index (χ0v) is 12.7. The Kier molecular flexibility index (Phi) is 6.14. The third-order valence-electron chi connectivity index (χ3n) is 3.22. The van der Waals surface area contributed by atoms with Gasteiger partial charge in [0.25, 0.3) is 0 Å². The standard InChI is InChI=1S/C14H23BrN2/c1-4-6-16-11-14(3,5-2)8-12-7-13(15)10-17-9-12/h7,9-10,16H,4-6,8,11H2,1-3H3. The Bertz CT molecular complexity index is 341. The van der Waals surface area contributed by atoms with Crippen LogP contribution in [0.5, 0.6) is 0 Å². The van der Waals surface area contributed by atoms with E-state index in [-0.39, 0.29) is 0 Å². The van der Waals surface area contributed by atoms with Crippen LogP contribution >= 0.6 is 15.9 Å². The van der Waals surface area contributed by atoms with E-state index in [0.29, 0.717) is 5.41 Å². The van der Waals surface area contributed by atoms with Crippen molar-refractivity contribution in [2.24, 2.45) is 5.41 Å². The summed E-state index contributed by atoms with van der Waals surface area (Å²) in [5.41, 5.74) is 1.62. The van der Waals surface area contributed by atoms with E-state index >= 15 is 0 Å². The van der Waals surface area contributed by atoms with Crippen molar-refractivity contribution in [3.8, 4) is 0 Å². The minimum absolute atomic E-state index is 0.317. The Morgan fingerprint density at radius 3 is 2.71 bits per heavy atom. The summed E-state index contributed by atoms with van der Waals surface area (Å²) in [6.45, 7) is 8.99. The van der Waals surface area contributed by atoms with Gasteiger partial charge in [0.15, 0.2) is 0 Å². The van der Waals surface area contributed by atoms with Crippen molar-refractivity contribution in [1.82, 2.24) is 10.3 Å². The number of halogens is 1. The van der Waals surface area contributed by atoms with Gasteiger partial charge in [-0.3, -0.25) is 4.98 Å². The number of pyridine rings is 1. The van der Waals surface area contributed by atoms with Gasteiger partial charge < -0.3 is 5.32 Å². The molecule has 1 atom stereocenters. The Morgan fingerprint density at radius 2 is 2.12 bits per heavy atom. The molecule has 96 valence electrons. The van der Waals surface area contributed by atoms with Gasteiger partial charge in [0.2, 0.25) is 0 Å². The largest absolute Gasteiger partial charge is 0.316 e. The van der Waals surface area contributed by atoms with Crippen LogP contribution in [0.15, 0.2) is 22.9 Å². The van der Waals surface area contributed by atoms with E-state index in [1.165, 1.54) is 18.4 Å². The summed E-state index contributed by atoms with van der Waals surface area (Å²) in [7, 11) is 0. The molecule has 1 heterocycles. The van der Waals surface area contributed by atoms with Crippen molar-refractivity contribution >= 4 is 15.9 Å². The van der Waals surface area contributed by atoms with E-state index in [0.717, 1.165) is 24.0 Å². The number of nitrogens with zero attached hydrogens (tertiary/aromatic N) is 1. The third kappa shape index (κ3) is 5.17. The molecule has 3 heteroatoms. The molecule has 0 saturated carbocycles. The SMILES string of the molecule is CCCNCC(C)(CC)Cc1cncc(Br)c1.